The summed E-state index contributed by atoms with van der Waals surface area (Å²) in [6.07, 6.45) is 1.90. The summed E-state index contributed by atoms with van der Waals surface area (Å²) in [4.78, 5) is 21.6. The number of aldehydes is 1. The van der Waals surface area contributed by atoms with Gasteiger partial charge >= 0.3 is 0 Å². The zero-order valence-electron chi connectivity index (χ0n) is 9.77. The Morgan fingerprint density at radius 1 is 1.33 bits per heavy atom. The van der Waals surface area contributed by atoms with E-state index in [0.717, 1.165) is 21.2 Å². The SMILES string of the molecule is C/C(=C1/C=C(C(=O)C=O)OC1)c1ccc(Br)cc1. The van der Waals surface area contributed by atoms with Crippen LogP contribution < -0.4 is 0 Å². The number of rotatable bonds is 3. The number of hydrogen-bond donors (Lipinski definition) is 0. The van der Waals surface area contributed by atoms with Crippen LogP contribution in [-0.2, 0) is 14.3 Å². The van der Waals surface area contributed by atoms with Gasteiger partial charge in [-0.3, -0.25) is 9.59 Å². The predicted molar refractivity (Wildman–Crippen MR) is 71.8 cm³/mol. The zero-order valence-corrected chi connectivity index (χ0v) is 11.4. The fourth-order valence-corrected chi connectivity index (χ4v) is 1.96. The molecule has 3 nitrogen and oxygen atoms in total. The molecular formula is C14H11BrO3. The first kappa shape index (κ1) is 12.8. The molecule has 0 fully saturated rings. The molecule has 0 aliphatic carbocycles. The average Bonchev–Trinajstić information content (AvgIpc) is 2.87. The fraction of sp³-hybridized carbons (Fsp3) is 0.143. The van der Waals surface area contributed by atoms with E-state index in [2.05, 4.69) is 15.9 Å². The van der Waals surface area contributed by atoms with Crippen LogP contribution in [-0.4, -0.2) is 18.7 Å². The van der Waals surface area contributed by atoms with Crippen LogP contribution in [0.3, 0.4) is 0 Å². The molecule has 0 amide bonds. The summed E-state index contributed by atoms with van der Waals surface area (Å²) in [5.74, 6) is -0.495. The summed E-state index contributed by atoms with van der Waals surface area (Å²) in [6, 6.07) is 7.88. The first-order valence-electron chi connectivity index (χ1n) is 5.41. The molecule has 0 atom stereocenters. The molecule has 18 heavy (non-hydrogen) atoms. The molecule has 1 aromatic rings. The number of halogens is 1. The molecule has 1 aliphatic rings. The molecule has 0 saturated heterocycles. The Bertz CT molecular complexity index is 553. The zero-order chi connectivity index (χ0) is 13.1. The second-order valence-electron chi connectivity index (χ2n) is 3.94. The monoisotopic (exact) mass is 306 g/mol. The molecule has 0 bridgehead atoms. The molecule has 0 aromatic heterocycles. The maximum absolute atomic E-state index is 11.2. The normalized spacial score (nSPS) is 16.9. The third kappa shape index (κ3) is 2.59. The molecule has 0 N–H and O–H groups in total. The van der Waals surface area contributed by atoms with E-state index in [1.165, 1.54) is 0 Å². The van der Waals surface area contributed by atoms with Gasteiger partial charge < -0.3 is 4.74 Å². The van der Waals surface area contributed by atoms with Gasteiger partial charge in [-0.1, -0.05) is 28.1 Å². The van der Waals surface area contributed by atoms with Crippen molar-refractivity contribution in [2.45, 2.75) is 6.92 Å². The van der Waals surface area contributed by atoms with Crippen LogP contribution in [0.1, 0.15) is 12.5 Å². The van der Waals surface area contributed by atoms with Crippen LogP contribution in [0.25, 0.3) is 5.57 Å². The third-order valence-corrected chi connectivity index (χ3v) is 3.33. The van der Waals surface area contributed by atoms with Crippen molar-refractivity contribution < 1.29 is 14.3 Å². The van der Waals surface area contributed by atoms with Gasteiger partial charge in [-0.25, -0.2) is 0 Å². The lowest BCUT2D eigenvalue weighted by molar-refractivity contribution is -0.129. The van der Waals surface area contributed by atoms with E-state index in [1.54, 1.807) is 6.08 Å². The molecule has 1 heterocycles. The Morgan fingerprint density at radius 3 is 2.61 bits per heavy atom. The molecule has 4 heteroatoms. The van der Waals surface area contributed by atoms with Crippen molar-refractivity contribution >= 4 is 33.6 Å². The standard InChI is InChI=1S/C14H11BrO3/c1-9(10-2-4-12(15)5-3-10)11-6-14(18-8-11)13(17)7-16/h2-7H,8H2,1H3/b11-9+. The molecule has 92 valence electrons. The molecule has 0 spiro atoms. The summed E-state index contributed by atoms with van der Waals surface area (Å²) >= 11 is 3.38. The van der Waals surface area contributed by atoms with Gasteiger partial charge in [0.1, 0.15) is 6.61 Å². The summed E-state index contributed by atoms with van der Waals surface area (Å²) in [6.45, 7) is 2.30. The van der Waals surface area contributed by atoms with E-state index in [9.17, 15) is 9.59 Å². The second-order valence-corrected chi connectivity index (χ2v) is 4.85. The largest absolute Gasteiger partial charge is 0.485 e. The number of ether oxygens (including phenoxy) is 1. The van der Waals surface area contributed by atoms with Crippen LogP contribution in [0.4, 0.5) is 0 Å². The number of carbonyl (C=O) groups is 2. The van der Waals surface area contributed by atoms with Gasteiger partial charge in [0, 0.05) is 4.47 Å². The van der Waals surface area contributed by atoms with Gasteiger partial charge in [-0.2, -0.15) is 0 Å². The summed E-state index contributed by atoms with van der Waals surface area (Å²) < 4.78 is 6.21. The molecule has 0 radical (unpaired) electrons. The molecule has 1 aliphatic heterocycles. The molecule has 1 aromatic carbocycles. The molecule has 0 saturated carbocycles. The van der Waals surface area contributed by atoms with Crippen LogP contribution in [0.2, 0.25) is 0 Å². The van der Waals surface area contributed by atoms with Crippen molar-refractivity contribution in [3.63, 3.8) is 0 Å². The summed E-state index contributed by atoms with van der Waals surface area (Å²) in [5, 5.41) is 0. The van der Waals surface area contributed by atoms with Gasteiger partial charge in [0.05, 0.1) is 0 Å². The third-order valence-electron chi connectivity index (χ3n) is 2.80. The van der Waals surface area contributed by atoms with Crippen LogP contribution >= 0.6 is 15.9 Å². The molecule has 2 rings (SSSR count). The van der Waals surface area contributed by atoms with Crippen molar-refractivity contribution in [2.24, 2.45) is 0 Å². The minimum atomic E-state index is -0.617. The molecular weight excluding hydrogens is 296 g/mol. The molecule has 0 unspecified atom stereocenters. The first-order chi connectivity index (χ1) is 8.61. The number of carbonyl (C=O) groups excluding carboxylic acids is 2. The van der Waals surface area contributed by atoms with Gasteiger partial charge in [-0.15, -0.1) is 0 Å². The van der Waals surface area contributed by atoms with Crippen molar-refractivity contribution in [1.82, 2.24) is 0 Å². The van der Waals surface area contributed by atoms with Crippen LogP contribution in [0.15, 0.2) is 46.1 Å². The van der Waals surface area contributed by atoms with Crippen molar-refractivity contribution in [3.8, 4) is 0 Å². The van der Waals surface area contributed by atoms with E-state index in [1.807, 2.05) is 31.2 Å². The Hall–Kier alpha value is -1.68. The number of ketones is 1. The van der Waals surface area contributed by atoms with Crippen LogP contribution in [0.5, 0.6) is 0 Å². The highest BCUT2D eigenvalue weighted by molar-refractivity contribution is 9.10. The van der Waals surface area contributed by atoms with E-state index in [4.69, 9.17) is 4.74 Å². The Labute approximate surface area is 113 Å². The van der Waals surface area contributed by atoms with Crippen molar-refractivity contribution in [1.29, 1.82) is 0 Å². The second kappa shape index (κ2) is 5.31. The maximum atomic E-state index is 11.2. The number of hydrogen-bond acceptors (Lipinski definition) is 3. The lowest BCUT2D eigenvalue weighted by Crippen LogP contribution is -2.03. The first-order valence-corrected chi connectivity index (χ1v) is 6.21. The average molecular weight is 307 g/mol. The Morgan fingerprint density at radius 2 is 2.00 bits per heavy atom. The summed E-state index contributed by atoms with van der Waals surface area (Å²) in [5.41, 5.74) is 3.02. The Balaban J connectivity index is 2.32. The van der Waals surface area contributed by atoms with Crippen LogP contribution in [0, 0.1) is 0 Å². The van der Waals surface area contributed by atoms with Gasteiger partial charge in [-0.05, 0) is 41.8 Å². The quantitative estimate of drug-likeness (QED) is 0.637. The number of allylic oxidation sites excluding steroid dienone is 2. The highest BCUT2D eigenvalue weighted by Crippen LogP contribution is 2.26. The lowest BCUT2D eigenvalue weighted by atomic mass is 10.0. The van der Waals surface area contributed by atoms with Gasteiger partial charge in [0.25, 0.3) is 5.78 Å². The van der Waals surface area contributed by atoms with E-state index < -0.39 is 5.78 Å². The highest BCUT2D eigenvalue weighted by atomic mass is 79.9. The van der Waals surface area contributed by atoms with E-state index in [0.29, 0.717) is 6.61 Å². The minimum absolute atomic E-state index is 0.122. The highest BCUT2D eigenvalue weighted by Gasteiger charge is 2.19. The lowest BCUT2D eigenvalue weighted by Gasteiger charge is -2.04. The predicted octanol–water partition coefficient (Wildman–Crippen LogP) is 2.90. The van der Waals surface area contributed by atoms with E-state index in [-0.39, 0.29) is 12.0 Å². The number of benzene rings is 1. The van der Waals surface area contributed by atoms with Crippen molar-refractivity contribution in [2.75, 3.05) is 6.61 Å². The Kier molecular flexibility index (Phi) is 3.77. The van der Waals surface area contributed by atoms with E-state index >= 15 is 0 Å². The number of Topliss-reactive ketones (excluding diaryl/α,β-unsaturated/α-hetero) is 1. The maximum Gasteiger partial charge on any atom is 0.259 e. The fourth-order valence-electron chi connectivity index (χ4n) is 1.70. The van der Waals surface area contributed by atoms with Gasteiger partial charge in [0.2, 0.25) is 0 Å². The van der Waals surface area contributed by atoms with Gasteiger partial charge in [0.15, 0.2) is 12.0 Å². The summed E-state index contributed by atoms with van der Waals surface area (Å²) in [7, 11) is 0. The topological polar surface area (TPSA) is 43.4 Å². The minimum Gasteiger partial charge on any atom is -0.485 e. The smallest absolute Gasteiger partial charge is 0.259 e. The van der Waals surface area contributed by atoms with Crippen molar-refractivity contribution in [3.05, 3.63) is 51.7 Å².